The van der Waals surface area contributed by atoms with Gasteiger partial charge in [-0.15, -0.1) is 11.3 Å². The molecule has 5 nitrogen and oxygen atoms in total. The highest BCUT2D eigenvalue weighted by Gasteiger charge is 2.20. The lowest BCUT2D eigenvalue weighted by Crippen LogP contribution is -2.14. The van der Waals surface area contributed by atoms with Crippen LogP contribution < -0.4 is 10.1 Å². The average Bonchev–Trinajstić information content (AvgIpc) is 3.20. The van der Waals surface area contributed by atoms with E-state index in [0.29, 0.717) is 23.8 Å². The molecule has 0 saturated heterocycles. The number of hydrogen-bond acceptors (Lipinski definition) is 5. The number of para-hydroxylation sites is 2. The minimum Gasteiger partial charge on any atom is -0.492 e. The van der Waals surface area contributed by atoms with Crippen molar-refractivity contribution in [3.8, 4) is 16.4 Å². The van der Waals surface area contributed by atoms with Crippen LogP contribution in [0.15, 0.2) is 52.6 Å². The van der Waals surface area contributed by atoms with Gasteiger partial charge in [0.15, 0.2) is 17.8 Å². The molecule has 2 aromatic heterocycles. The Morgan fingerprint density at radius 2 is 2.18 bits per heavy atom. The highest BCUT2D eigenvalue weighted by molar-refractivity contribution is 7.13. The molecule has 3 rings (SSSR count). The second-order valence-corrected chi connectivity index (χ2v) is 5.34. The highest BCUT2D eigenvalue weighted by Crippen LogP contribution is 2.29. The minimum absolute atomic E-state index is 0.258. The van der Waals surface area contributed by atoms with Gasteiger partial charge in [0.25, 0.3) is 5.91 Å². The van der Waals surface area contributed by atoms with E-state index in [2.05, 4.69) is 10.3 Å². The van der Waals surface area contributed by atoms with E-state index in [1.807, 2.05) is 42.6 Å². The Bertz CT molecular complexity index is 765. The summed E-state index contributed by atoms with van der Waals surface area (Å²) in [7, 11) is 0. The SMILES string of the molecule is CCOc1ccccc1NC(=O)c1ncoc1-c1cccs1. The fraction of sp³-hybridized carbons (Fsp3) is 0.125. The molecule has 1 amide bonds. The van der Waals surface area contributed by atoms with Gasteiger partial charge in [-0.25, -0.2) is 4.98 Å². The Balaban J connectivity index is 1.86. The zero-order valence-corrected chi connectivity index (χ0v) is 12.7. The average molecular weight is 314 g/mol. The van der Waals surface area contributed by atoms with E-state index in [1.165, 1.54) is 17.7 Å². The van der Waals surface area contributed by atoms with Crippen LogP contribution in [0.1, 0.15) is 17.4 Å². The van der Waals surface area contributed by atoms with Crippen molar-refractivity contribution in [2.45, 2.75) is 6.92 Å². The molecule has 0 fully saturated rings. The maximum atomic E-state index is 12.5. The van der Waals surface area contributed by atoms with Crippen LogP contribution in [0.3, 0.4) is 0 Å². The molecule has 0 bridgehead atoms. The molecule has 0 aliphatic heterocycles. The summed E-state index contributed by atoms with van der Waals surface area (Å²) in [4.78, 5) is 17.4. The summed E-state index contributed by atoms with van der Waals surface area (Å²) in [5.74, 6) is 0.769. The maximum absolute atomic E-state index is 12.5. The molecule has 0 radical (unpaired) electrons. The Labute approximate surface area is 131 Å². The molecule has 112 valence electrons. The Morgan fingerprint density at radius 1 is 1.32 bits per heavy atom. The Kier molecular flexibility index (Phi) is 4.20. The van der Waals surface area contributed by atoms with E-state index in [9.17, 15) is 4.79 Å². The van der Waals surface area contributed by atoms with Gasteiger partial charge in [0.2, 0.25) is 0 Å². The number of nitrogens with zero attached hydrogens (tertiary/aromatic N) is 1. The molecule has 22 heavy (non-hydrogen) atoms. The summed E-state index contributed by atoms with van der Waals surface area (Å²) >= 11 is 1.49. The largest absolute Gasteiger partial charge is 0.492 e. The molecular weight excluding hydrogens is 300 g/mol. The van der Waals surface area contributed by atoms with Crippen LogP contribution in [-0.4, -0.2) is 17.5 Å². The Hall–Kier alpha value is -2.60. The van der Waals surface area contributed by atoms with Crippen LogP contribution >= 0.6 is 11.3 Å². The van der Waals surface area contributed by atoms with Gasteiger partial charge in [-0.1, -0.05) is 18.2 Å². The number of ether oxygens (including phenoxy) is 1. The van der Waals surface area contributed by atoms with Crippen molar-refractivity contribution >= 4 is 22.9 Å². The van der Waals surface area contributed by atoms with Gasteiger partial charge in [0.05, 0.1) is 17.2 Å². The van der Waals surface area contributed by atoms with Crippen molar-refractivity contribution in [2.75, 3.05) is 11.9 Å². The van der Waals surface area contributed by atoms with Crippen molar-refractivity contribution in [3.63, 3.8) is 0 Å². The van der Waals surface area contributed by atoms with Crippen molar-refractivity contribution in [2.24, 2.45) is 0 Å². The molecule has 0 saturated carbocycles. The van der Waals surface area contributed by atoms with Crippen molar-refractivity contribution in [3.05, 3.63) is 53.9 Å². The van der Waals surface area contributed by atoms with Crippen molar-refractivity contribution < 1.29 is 13.9 Å². The number of rotatable bonds is 5. The third kappa shape index (κ3) is 2.87. The van der Waals surface area contributed by atoms with E-state index in [4.69, 9.17) is 9.15 Å². The number of anilines is 1. The second kappa shape index (κ2) is 6.44. The first-order valence-electron chi connectivity index (χ1n) is 6.80. The molecule has 2 heterocycles. The lowest BCUT2D eigenvalue weighted by Gasteiger charge is -2.10. The number of nitrogens with one attached hydrogen (secondary N) is 1. The third-order valence-electron chi connectivity index (χ3n) is 2.96. The van der Waals surface area contributed by atoms with Crippen molar-refractivity contribution in [1.29, 1.82) is 0 Å². The number of carbonyl (C=O) groups is 1. The highest BCUT2D eigenvalue weighted by atomic mass is 32.1. The second-order valence-electron chi connectivity index (χ2n) is 4.39. The molecule has 0 unspecified atom stereocenters. The first kappa shape index (κ1) is 14.3. The number of oxazole rings is 1. The predicted octanol–water partition coefficient (Wildman–Crippen LogP) is 4.05. The summed E-state index contributed by atoms with van der Waals surface area (Å²) < 4.78 is 10.9. The monoisotopic (exact) mass is 314 g/mol. The van der Waals surface area contributed by atoms with Gasteiger partial charge >= 0.3 is 0 Å². The fourth-order valence-corrected chi connectivity index (χ4v) is 2.74. The van der Waals surface area contributed by atoms with E-state index < -0.39 is 0 Å². The zero-order valence-electron chi connectivity index (χ0n) is 11.9. The first-order valence-corrected chi connectivity index (χ1v) is 7.68. The number of hydrogen-bond donors (Lipinski definition) is 1. The topological polar surface area (TPSA) is 64.4 Å². The van der Waals surface area contributed by atoms with Crippen LogP contribution in [0, 0.1) is 0 Å². The van der Waals surface area contributed by atoms with Gasteiger partial charge in [-0.3, -0.25) is 4.79 Å². The van der Waals surface area contributed by atoms with Crippen LogP contribution in [0.2, 0.25) is 0 Å². The standard InChI is InChI=1S/C16H14N2O3S/c1-2-20-12-7-4-3-6-11(12)18-16(19)14-15(21-10-17-14)13-8-5-9-22-13/h3-10H,2H2,1H3,(H,18,19). The molecule has 3 aromatic rings. The summed E-state index contributed by atoms with van der Waals surface area (Å²) in [6.07, 6.45) is 1.28. The maximum Gasteiger partial charge on any atom is 0.278 e. The molecule has 1 N–H and O–H groups in total. The lowest BCUT2D eigenvalue weighted by atomic mass is 10.2. The third-order valence-corrected chi connectivity index (χ3v) is 3.83. The minimum atomic E-state index is -0.329. The smallest absolute Gasteiger partial charge is 0.278 e. The summed E-state index contributed by atoms with van der Waals surface area (Å²) in [5, 5.41) is 4.74. The number of aromatic nitrogens is 1. The summed E-state index contributed by atoms with van der Waals surface area (Å²) in [5.41, 5.74) is 0.864. The van der Waals surface area contributed by atoms with Gasteiger partial charge < -0.3 is 14.5 Å². The summed E-state index contributed by atoms with van der Waals surface area (Å²) in [6.45, 7) is 2.42. The van der Waals surface area contributed by atoms with Crippen molar-refractivity contribution in [1.82, 2.24) is 4.98 Å². The first-order chi connectivity index (χ1) is 10.8. The summed E-state index contributed by atoms with van der Waals surface area (Å²) in [6, 6.07) is 11.1. The van der Waals surface area contributed by atoms with E-state index >= 15 is 0 Å². The Morgan fingerprint density at radius 3 is 2.95 bits per heavy atom. The molecule has 0 atom stereocenters. The van der Waals surface area contributed by atoms with Gasteiger partial charge in [-0.2, -0.15) is 0 Å². The molecular formula is C16H14N2O3S. The molecule has 1 aromatic carbocycles. The molecule has 0 aliphatic rings. The van der Waals surface area contributed by atoms with Gasteiger partial charge in [0, 0.05) is 0 Å². The number of thiophene rings is 1. The van der Waals surface area contributed by atoms with E-state index in [-0.39, 0.29) is 11.6 Å². The predicted molar refractivity (Wildman–Crippen MR) is 85.4 cm³/mol. The van der Waals surface area contributed by atoms with Crippen LogP contribution in [0.4, 0.5) is 5.69 Å². The fourth-order valence-electron chi connectivity index (χ4n) is 2.02. The normalized spacial score (nSPS) is 10.4. The van der Waals surface area contributed by atoms with Gasteiger partial charge in [-0.05, 0) is 30.5 Å². The lowest BCUT2D eigenvalue weighted by molar-refractivity contribution is 0.102. The number of benzene rings is 1. The quantitative estimate of drug-likeness (QED) is 0.771. The zero-order chi connectivity index (χ0) is 15.4. The van der Waals surface area contributed by atoms with Gasteiger partial charge in [0.1, 0.15) is 5.75 Å². The van der Waals surface area contributed by atoms with E-state index in [0.717, 1.165) is 4.88 Å². The van der Waals surface area contributed by atoms with Crippen LogP contribution in [0.5, 0.6) is 5.75 Å². The molecule has 6 heteroatoms. The molecule has 0 spiro atoms. The van der Waals surface area contributed by atoms with E-state index in [1.54, 1.807) is 6.07 Å². The molecule has 0 aliphatic carbocycles. The number of amides is 1. The number of carbonyl (C=O) groups excluding carboxylic acids is 1. The van der Waals surface area contributed by atoms with Crippen LogP contribution in [-0.2, 0) is 0 Å². The van der Waals surface area contributed by atoms with Crippen LogP contribution in [0.25, 0.3) is 10.6 Å².